The Morgan fingerprint density at radius 2 is 2.15 bits per heavy atom. The normalized spacial score (nSPS) is 9.69. The highest BCUT2D eigenvalue weighted by Crippen LogP contribution is 2.01. The minimum atomic E-state index is -0.0819. The average molecular weight is 243 g/mol. The van der Waals surface area contributed by atoms with Crippen LogP contribution in [0.15, 0.2) is 24.5 Å². The number of pyridine rings is 1. The van der Waals surface area contributed by atoms with Crippen LogP contribution in [0.4, 0.5) is 4.79 Å². The van der Waals surface area contributed by atoms with Gasteiger partial charge in [-0.15, -0.1) is 0 Å². The Morgan fingerprint density at radius 1 is 1.54 bits per heavy atom. The summed E-state index contributed by atoms with van der Waals surface area (Å²) in [7, 11) is 1.76. The molecule has 3 nitrogen and oxygen atoms in total. The molecule has 0 aliphatic rings. The molecule has 0 fully saturated rings. The van der Waals surface area contributed by atoms with Crippen LogP contribution in [0.3, 0.4) is 0 Å². The van der Waals surface area contributed by atoms with Gasteiger partial charge in [0.05, 0.1) is 0 Å². The Hall–Kier alpha value is -0.900. The van der Waals surface area contributed by atoms with E-state index in [1.165, 1.54) is 5.56 Å². The highest BCUT2D eigenvalue weighted by Gasteiger charge is 2.02. The van der Waals surface area contributed by atoms with Crippen molar-refractivity contribution >= 4 is 20.7 Å². The monoisotopic (exact) mass is 242 g/mol. The topological polar surface area (TPSA) is 33.2 Å². The molecule has 0 unspecified atom stereocenters. The van der Waals surface area contributed by atoms with Gasteiger partial charge in [0, 0.05) is 41.9 Å². The lowest BCUT2D eigenvalue weighted by Crippen LogP contribution is -2.23. The summed E-state index contributed by atoms with van der Waals surface area (Å²) < 4.78 is 0. The molecule has 0 atom stereocenters. The van der Waals surface area contributed by atoms with E-state index in [0.717, 1.165) is 6.42 Å². The van der Waals surface area contributed by atoms with Crippen LogP contribution in [0.5, 0.6) is 0 Å². The summed E-state index contributed by atoms with van der Waals surface area (Å²) in [5, 5.41) is 0. The largest absolute Gasteiger partial charge is 0.336 e. The van der Waals surface area contributed by atoms with Gasteiger partial charge < -0.3 is 4.90 Å². The second-order valence-electron chi connectivity index (χ2n) is 2.78. The number of hydrogen-bond donors (Lipinski definition) is 0. The summed E-state index contributed by atoms with van der Waals surface area (Å²) in [6.07, 6.45) is 4.37. The minimum absolute atomic E-state index is 0.0819. The summed E-state index contributed by atoms with van der Waals surface area (Å²) >= 11 is 2.89. The smallest absolute Gasteiger partial charge is 0.289 e. The van der Waals surface area contributed by atoms with E-state index in [-0.39, 0.29) is 4.82 Å². The first kappa shape index (κ1) is 10.2. The highest BCUT2D eigenvalue weighted by atomic mass is 79.9. The van der Waals surface area contributed by atoms with Crippen LogP contribution >= 0.6 is 15.9 Å². The number of hydrogen-bond acceptors (Lipinski definition) is 2. The third-order valence-corrected chi connectivity index (χ3v) is 2.39. The molecule has 4 heteroatoms. The number of halogens is 1. The maximum atomic E-state index is 10.8. The fraction of sp³-hybridized carbons (Fsp3) is 0.333. The van der Waals surface area contributed by atoms with Gasteiger partial charge in [0.15, 0.2) is 0 Å². The van der Waals surface area contributed by atoms with Crippen molar-refractivity contribution in [2.75, 3.05) is 13.6 Å². The molecule has 1 aromatic rings. The molecule has 13 heavy (non-hydrogen) atoms. The zero-order valence-electron chi connectivity index (χ0n) is 7.40. The van der Waals surface area contributed by atoms with Gasteiger partial charge in [0.25, 0.3) is 4.82 Å². The van der Waals surface area contributed by atoms with Gasteiger partial charge in [-0.1, -0.05) is 0 Å². The molecule has 1 rings (SSSR count). The van der Waals surface area contributed by atoms with E-state index in [1.54, 1.807) is 24.3 Å². The van der Waals surface area contributed by atoms with Gasteiger partial charge in [0.2, 0.25) is 0 Å². The fourth-order valence-electron chi connectivity index (χ4n) is 0.934. The molecule has 0 aliphatic carbocycles. The molecule has 0 aliphatic heterocycles. The fourth-order valence-corrected chi connectivity index (χ4v) is 1.11. The van der Waals surface area contributed by atoms with Crippen LogP contribution in [0.25, 0.3) is 0 Å². The molecule has 0 spiro atoms. The van der Waals surface area contributed by atoms with Crippen molar-refractivity contribution in [3.05, 3.63) is 30.1 Å². The van der Waals surface area contributed by atoms with Crippen molar-refractivity contribution in [3.8, 4) is 0 Å². The van der Waals surface area contributed by atoms with Gasteiger partial charge in [-0.3, -0.25) is 9.78 Å². The Bertz CT molecular complexity index is 276. The van der Waals surface area contributed by atoms with Gasteiger partial charge in [-0.05, 0) is 24.1 Å². The zero-order chi connectivity index (χ0) is 9.68. The number of rotatable bonds is 3. The van der Waals surface area contributed by atoms with Gasteiger partial charge in [-0.2, -0.15) is 0 Å². The number of carbonyl (C=O) groups is 1. The number of amides is 1. The summed E-state index contributed by atoms with van der Waals surface area (Å²) in [6, 6.07) is 3.90. The van der Waals surface area contributed by atoms with Crippen LogP contribution in [-0.4, -0.2) is 28.3 Å². The van der Waals surface area contributed by atoms with Crippen molar-refractivity contribution in [1.82, 2.24) is 9.88 Å². The van der Waals surface area contributed by atoms with E-state index in [0.29, 0.717) is 6.54 Å². The summed E-state index contributed by atoms with van der Waals surface area (Å²) in [4.78, 5) is 16.3. The second kappa shape index (κ2) is 4.97. The number of nitrogens with zero attached hydrogens (tertiary/aromatic N) is 2. The zero-order valence-corrected chi connectivity index (χ0v) is 8.99. The molecule has 0 saturated heterocycles. The Balaban J connectivity index is 2.39. The third-order valence-electron chi connectivity index (χ3n) is 1.79. The second-order valence-corrected chi connectivity index (χ2v) is 3.46. The molecule has 0 N–H and O–H groups in total. The molecule has 0 bridgehead atoms. The Labute approximate surface area is 85.9 Å². The maximum Gasteiger partial charge on any atom is 0.289 e. The van der Waals surface area contributed by atoms with Crippen LogP contribution in [0.1, 0.15) is 5.56 Å². The first-order chi connectivity index (χ1) is 6.20. The first-order valence-corrected chi connectivity index (χ1v) is 4.79. The van der Waals surface area contributed by atoms with Gasteiger partial charge >= 0.3 is 0 Å². The molecule has 0 saturated carbocycles. The maximum absolute atomic E-state index is 10.8. The number of likely N-dealkylation sites (N-methyl/N-ethyl adjacent to an activating group) is 1. The van der Waals surface area contributed by atoms with Crippen LogP contribution in [0, 0.1) is 0 Å². The van der Waals surface area contributed by atoms with Crippen LogP contribution in [0.2, 0.25) is 0 Å². The molecule has 0 aromatic carbocycles. The van der Waals surface area contributed by atoms with Crippen LogP contribution in [-0.2, 0) is 6.42 Å². The third kappa shape index (κ3) is 3.55. The van der Waals surface area contributed by atoms with E-state index in [2.05, 4.69) is 20.9 Å². The molecule has 1 aromatic heterocycles. The van der Waals surface area contributed by atoms with E-state index >= 15 is 0 Å². The predicted octanol–water partition coefficient (Wildman–Crippen LogP) is 2.07. The predicted molar refractivity (Wildman–Crippen MR) is 54.9 cm³/mol. The quantitative estimate of drug-likeness (QED) is 0.601. The Kier molecular flexibility index (Phi) is 3.89. The lowest BCUT2D eigenvalue weighted by atomic mass is 10.2. The SMILES string of the molecule is CN(CCc1ccncc1)C(=O)Br. The minimum Gasteiger partial charge on any atom is -0.336 e. The summed E-state index contributed by atoms with van der Waals surface area (Å²) in [5.74, 6) is 0. The van der Waals surface area contributed by atoms with Crippen molar-refractivity contribution in [1.29, 1.82) is 0 Å². The van der Waals surface area contributed by atoms with Crippen molar-refractivity contribution in [2.24, 2.45) is 0 Å². The first-order valence-electron chi connectivity index (χ1n) is 3.99. The number of aromatic nitrogens is 1. The van der Waals surface area contributed by atoms with Crippen molar-refractivity contribution in [2.45, 2.75) is 6.42 Å². The lowest BCUT2D eigenvalue weighted by molar-refractivity contribution is 0.235. The van der Waals surface area contributed by atoms with E-state index < -0.39 is 0 Å². The Morgan fingerprint density at radius 3 is 2.69 bits per heavy atom. The molecular formula is C9H11BrN2O. The van der Waals surface area contributed by atoms with E-state index in [1.807, 2.05) is 12.1 Å². The van der Waals surface area contributed by atoms with Gasteiger partial charge in [-0.25, -0.2) is 0 Å². The highest BCUT2D eigenvalue weighted by molar-refractivity contribution is 9.18. The standard InChI is InChI=1S/C9H11BrN2O/c1-12(9(10)13)7-4-8-2-5-11-6-3-8/h2-3,5-6H,4,7H2,1H3. The summed E-state index contributed by atoms with van der Waals surface area (Å²) in [5.41, 5.74) is 1.19. The van der Waals surface area contributed by atoms with Crippen LogP contribution < -0.4 is 0 Å². The van der Waals surface area contributed by atoms with Gasteiger partial charge in [0.1, 0.15) is 0 Å². The van der Waals surface area contributed by atoms with Crippen molar-refractivity contribution < 1.29 is 4.79 Å². The molecule has 0 radical (unpaired) electrons. The van der Waals surface area contributed by atoms with E-state index in [9.17, 15) is 4.79 Å². The molecule has 1 amide bonds. The summed E-state index contributed by atoms with van der Waals surface area (Å²) in [6.45, 7) is 0.716. The molecule has 1 heterocycles. The number of carbonyl (C=O) groups excluding carboxylic acids is 1. The molecular weight excluding hydrogens is 232 g/mol. The van der Waals surface area contributed by atoms with E-state index in [4.69, 9.17) is 0 Å². The lowest BCUT2D eigenvalue weighted by Gasteiger charge is -2.12. The average Bonchev–Trinajstić information content (AvgIpc) is 2.15. The molecule has 70 valence electrons. The van der Waals surface area contributed by atoms with Crippen molar-refractivity contribution in [3.63, 3.8) is 0 Å².